The number of carbonyl (C=O) groups is 1. The van der Waals surface area contributed by atoms with E-state index in [4.69, 9.17) is 9.84 Å². The lowest BCUT2D eigenvalue weighted by Gasteiger charge is -2.08. The van der Waals surface area contributed by atoms with Crippen molar-refractivity contribution < 1.29 is 14.6 Å². The first-order valence-corrected chi connectivity index (χ1v) is 7.22. The standard InChI is InChI=1S/C14H16N2O3S/c1-16-10-11(9-15-16)20-8-4-7-19-13-6-3-2-5-12(13)14(17)18/h2-3,5-6,9-10H,4,7-8H2,1H3,(H,17,18). The summed E-state index contributed by atoms with van der Waals surface area (Å²) in [7, 11) is 1.88. The fraction of sp³-hybridized carbons (Fsp3) is 0.286. The van der Waals surface area contributed by atoms with Crippen LogP contribution >= 0.6 is 11.8 Å². The molecule has 0 saturated carbocycles. The smallest absolute Gasteiger partial charge is 0.339 e. The van der Waals surface area contributed by atoms with E-state index in [1.165, 1.54) is 0 Å². The van der Waals surface area contributed by atoms with Gasteiger partial charge in [-0.3, -0.25) is 4.68 Å². The van der Waals surface area contributed by atoms with Gasteiger partial charge in [0, 0.05) is 23.9 Å². The van der Waals surface area contributed by atoms with Crippen molar-refractivity contribution in [1.82, 2.24) is 9.78 Å². The number of benzene rings is 1. The Kier molecular flexibility index (Phi) is 5.06. The van der Waals surface area contributed by atoms with Crippen molar-refractivity contribution in [3.63, 3.8) is 0 Å². The maximum atomic E-state index is 11.0. The number of nitrogens with zero attached hydrogens (tertiary/aromatic N) is 2. The topological polar surface area (TPSA) is 64.3 Å². The quantitative estimate of drug-likeness (QED) is 0.628. The van der Waals surface area contributed by atoms with Gasteiger partial charge in [0.1, 0.15) is 11.3 Å². The molecule has 0 bridgehead atoms. The van der Waals surface area contributed by atoms with Crippen LogP contribution in [-0.2, 0) is 7.05 Å². The Morgan fingerprint density at radius 1 is 1.45 bits per heavy atom. The highest BCUT2D eigenvalue weighted by Crippen LogP contribution is 2.20. The third-order valence-corrected chi connectivity index (χ3v) is 3.65. The van der Waals surface area contributed by atoms with E-state index >= 15 is 0 Å². The van der Waals surface area contributed by atoms with Crippen molar-refractivity contribution in [3.8, 4) is 5.75 Å². The first-order chi connectivity index (χ1) is 9.66. The molecule has 5 nitrogen and oxygen atoms in total. The van der Waals surface area contributed by atoms with Gasteiger partial charge in [-0.2, -0.15) is 5.10 Å². The molecule has 2 aromatic rings. The van der Waals surface area contributed by atoms with Gasteiger partial charge in [0.25, 0.3) is 0 Å². The lowest BCUT2D eigenvalue weighted by Crippen LogP contribution is -2.04. The molecule has 2 rings (SSSR count). The van der Waals surface area contributed by atoms with E-state index in [2.05, 4.69) is 5.10 Å². The zero-order chi connectivity index (χ0) is 14.4. The van der Waals surface area contributed by atoms with Gasteiger partial charge in [-0.05, 0) is 18.6 Å². The third kappa shape index (κ3) is 4.03. The van der Waals surface area contributed by atoms with Gasteiger partial charge in [0.2, 0.25) is 0 Å². The summed E-state index contributed by atoms with van der Waals surface area (Å²) in [5.74, 6) is 0.359. The monoisotopic (exact) mass is 292 g/mol. The molecular weight excluding hydrogens is 276 g/mol. The predicted molar refractivity (Wildman–Crippen MR) is 77.4 cm³/mol. The van der Waals surface area contributed by atoms with Crippen molar-refractivity contribution in [2.24, 2.45) is 7.05 Å². The summed E-state index contributed by atoms with van der Waals surface area (Å²) < 4.78 is 7.29. The van der Waals surface area contributed by atoms with E-state index in [0.29, 0.717) is 12.4 Å². The number of hydrogen-bond acceptors (Lipinski definition) is 4. The molecule has 0 fully saturated rings. The molecule has 1 N–H and O–H groups in total. The second-order valence-corrected chi connectivity index (χ2v) is 5.37. The van der Waals surface area contributed by atoms with E-state index < -0.39 is 5.97 Å². The Balaban J connectivity index is 1.75. The molecule has 0 unspecified atom stereocenters. The molecule has 0 atom stereocenters. The molecular formula is C14H16N2O3S. The summed E-state index contributed by atoms with van der Waals surface area (Å²) in [5.41, 5.74) is 0.201. The van der Waals surface area contributed by atoms with E-state index in [0.717, 1.165) is 17.1 Å². The van der Waals surface area contributed by atoms with Crippen LogP contribution in [0.5, 0.6) is 5.75 Å². The summed E-state index contributed by atoms with van der Waals surface area (Å²) in [5, 5.41) is 13.1. The number of para-hydroxylation sites is 1. The van der Waals surface area contributed by atoms with Gasteiger partial charge >= 0.3 is 5.97 Å². The van der Waals surface area contributed by atoms with Crippen LogP contribution in [0.3, 0.4) is 0 Å². The van der Waals surface area contributed by atoms with E-state index in [9.17, 15) is 4.79 Å². The van der Waals surface area contributed by atoms with Gasteiger partial charge in [-0.15, -0.1) is 11.8 Å². The molecule has 6 heteroatoms. The number of carboxylic acid groups (broad SMARTS) is 1. The highest BCUT2D eigenvalue weighted by Gasteiger charge is 2.09. The first-order valence-electron chi connectivity index (χ1n) is 6.23. The molecule has 0 saturated heterocycles. The van der Waals surface area contributed by atoms with Gasteiger partial charge in [-0.1, -0.05) is 12.1 Å². The predicted octanol–water partition coefficient (Wildman–Crippen LogP) is 2.68. The third-order valence-electron chi connectivity index (χ3n) is 2.61. The fourth-order valence-electron chi connectivity index (χ4n) is 1.67. The Bertz CT molecular complexity index is 583. The Morgan fingerprint density at radius 2 is 2.25 bits per heavy atom. The van der Waals surface area contributed by atoms with E-state index in [1.807, 2.05) is 19.4 Å². The van der Waals surface area contributed by atoms with Gasteiger partial charge in [-0.25, -0.2) is 4.79 Å². The van der Waals surface area contributed by atoms with Crippen molar-refractivity contribution in [2.75, 3.05) is 12.4 Å². The molecule has 1 aromatic carbocycles. The van der Waals surface area contributed by atoms with Gasteiger partial charge in [0.05, 0.1) is 12.8 Å². The number of thioether (sulfide) groups is 1. The average Bonchev–Trinajstić information content (AvgIpc) is 2.84. The molecule has 0 spiro atoms. The number of aromatic nitrogens is 2. The van der Waals surface area contributed by atoms with Crippen LogP contribution in [-0.4, -0.2) is 33.2 Å². The van der Waals surface area contributed by atoms with Crippen LogP contribution in [0.4, 0.5) is 0 Å². The first kappa shape index (κ1) is 14.5. The number of aromatic carboxylic acids is 1. The van der Waals surface area contributed by atoms with Crippen LogP contribution in [0.1, 0.15) is 16.8 Å². The average molecular weight is 292 g/mol. The molecule has 0 aliphatic rings. The normalized spacial score (nSPS) is 10.4. The summed E-state index contributed by atoms with van der Waals surface area (Å²) in [6, 6.07) is 6.68. The van der Waals surface area contributed by atoms with E-state index in [-0.39, 0.29) is 5.56 Å². The number of ether oxygens (including phenoxy) is 1. The summed E-state index contributed by atoms with van der Waals surface area (Å²) >= 11 is 1.71. The van der Waals surface area contributed by atoms with Gasteiger partial charge < -0.3 is 9.84 Å². The van der Waals surface area contributed by atoms with Crippen LogP contribution in [0, 0.1) is 0 Å². The molecule has 0 amide bonds. The maximum absolute atomic E-state index is 11.0. The summed E-state index contributed by atoms with van der Waals surface area (Å²) in [6.45, 7) is 0.498. The van der Waals surface area contributed by atoms with Crippen LogP contribution in [0.2, 0.25) is 0 Å². The number of rotatable bonds is 7. The van der Waals surface area contributed by atoms with Gasteiger partial charge in [0.15, 0.2) is 0 Å². The minimum absolute atomic E-state index is 0.201. The molecule has 106 valence electrons. The van der Waals surface area contributed by atoms with Crippen molar-refractivity contribution >= 4 is 17.7 Å². The number of aryl methyl sites for hydroxylation is 1. The molecule has 1 aromatic heterocycles. The SMILES string of the molecule is Cn1cc(SCCCOc2ccccc2C(=O)O)cn1. The Labute approximate surface area is 121 Å². The van der Waals surface area contributed by atoms with Crippen LogP contribution in [0.15, 0.2) is 41.6 Å². The lowest BCUT2D eigenvalue weighted by molar-refractivity contribution is 0.0692. The zero-order valence-electron chi connectivity index (χ0n) is 11.2. The Hall–Kier alpha value is -1.95. The summed E-state index contributed by atoms with van der Waals surface area (Å²) in [6.07, 6.45) is 4.63. The Morgan fingerprint density at radius 3 is 2.95 bits per heavy atom. The molecule has 0 radical (unpaired) electrons. The minimum atomic E-state index is -0.967. The summed E-state index contributed by atoms with van der Waals surface area (Å²) in [4.78, 5) is 12.1. The van der Waals surface area contributed by atoms with E-state index in [1.54, 1.807) is 40.7 Å². The van der Waals surface area contributed by atoms with Crippen molar-refractivity contribution in [3.05, 3.63) is 42.2 Å². The second-order valence-electron chi connectivity index (χ2n) is 4.20. The lowest BCUT2D eigenvalue weighted by atomic mass is 10.2. The minimum Gasteiger partial charge on any atom is -0.493 e. The molecule has 20 heavy (non-hydrogen) atoms. The second kappa shape index (κ2) is 7.00. The fourth-order valence-corrected chi connectivity index (χ4v) is 2.52. The van der Waals surface area contributed by atoms with Crippen LogP contribution in [0.25, 0.3) is 0 Å². The highest BCUT2D eigenvalue weighted by molar-refractivity contribution is 7.99. The zero-order valence-corrected chi connectivity index (χ0v) is 12.0. The molecule has 0 aliphatic carbocycles. The number of hydrogen-bond donors (Lipinski definition) is 1. The molecule has 0 aliphatic heterocycles. The molecule has 1 heterocycles. The largest absolute Gasteiger partial charge is 0.493 e. The maximum Gasteiger partial charge on any atom is 0.339 e. The number of carboxylic acids is 1. The van der Waals surface area contributed by atoms with Crippen molar-refractivity contribution in [2.45, 2.75) is 11.3 Å². The van der Waals surface area contributed by atoms with Crippen LogP contribution < -0.4 is 4.74 Å². The van der Waals surface area contributed by atoms with Crippen molar-refractivity contribution in [1.29, 1.82) is 0 Å². The highest BCUT2D eigenvalue weighted by atomic mass is 32.2.